The quantitative estimate of drug-likeness (QED) is 0.738. The predicted molar refractivity (Wildman–Crippen MR) is 101 cm³/mol. The summed E-state index contributed by atoms with van der Waals surface area (Å²) in [5.74, 6) is 0.842. The molecule has 1 spiro atoms. The number of likely N-dealkylation sites (tertiary alicyclic amines) is 1. The molecule has 1 amide bonds. The largest absolute Gasteiger partial charge is 0.370 e. The average Bonchev–Trinajstić information content (AvgIpc) is 3.28. The van der Waals surface area contributed by atoms with E-state index in [0.29, 0.717) is 13.0 Å². The highest BCUT2D eigenvalue weighted by Gasteiger charge is 2.43. The molecule has 8 heteroatoms. The van der Waals surface area contributed by atoms with Gasteiger partial charge in [0.25, 0.3) is 0 Å². The number of carbonyl (C=O) groups is 1. The second-order valence-electron chi connectivity index (χ2n) is 7.84. The van der Waals surface area contributed by atoms with Gasteiger partial charge in [-0.2, -0.15) is 5.10 Å². The number of amides is 1. The van der Waals surface area contributed by atoms with E-state index in [1.165, 1.54) is 15.1 Å². The number of hydrogen-bond donors (Lipinski definition) is 0. The minimum atomic E-state index is -0.204. The van der Waals surface area contributed by atoms with Crippen LogP contribution in [0.2, 0.25) is 0 Å². The molecule has 5 rings (SSSR count). The van der Waals surface area contributed by atoms with E-state index >= 15 is 0 Å². The first-order valence-corrected chi connectivity index (χ1v) is 10.6. The Morgan fingerprint density at radius 1 is 1.33 bits per heavy atom. The summed E-state index contributed by atoms with van der Waals surface area (Å²) < 4.78 is 9.27. The van der Waals surface area contributed by atoms with Crippen LogP contribution in [0.15, 0.2) is 16.2 Å². The van der Waals surface area contributed by atoms with Gasteiger partial charge in [0.2, 0.25) is 5.91 Å². The van der Waals surface area contributed by atoms with Gasteiger partial charge >= 0.3 is 5.69 Å². The molecule has 27 heavy (non-hydrogen) atoms. The predicted octanol–water partition coefficient (Wildman–Crippen LogP) is 1.30. The van der Waals surface area contributed by atoms with Crippen LogP contribution in [0.1, 0.15) is 35.5 Å². The van der Waals surface area contributed by atoms with Crippen molar-refractivity contribution in [1.29, 1.82) is 0 Å². The lowest BCUT2D eigenvalue weighted by molar-refractivity contribution is -0.145. The Hall–Kier alpha value is -1.93. The average molecular weight is 388 g/mol. The summed E-state index contributed by atoms with van der Waals surface area (Å²) in [6, 6.07) is 2.20. The fourth-order valence-corrected chi connectivity index (χ4v) is 5.81. The molecule has 1 fully saturated rings. The Balaban J connectivity index is 1.29. The minimum Gasteiger partial charge on any atom is -0.370 e. The Morgan fingerprint density at radius 2 is 2.15 bits per heavy atom. The number of rotatable bonds is 1. The van der Waals surface area contributed by atoms with Crippen molar-refractivity contribution in [3.63, 3.8) is 0 Å². The SMILES string of the molecule is Cn1nc2n(c1=O)CC(C(=O)N1CCC3(CC1)OCCc1sccc13)CC2. The van der Waals surface area contributed by atoms with Gasteiger partial charge in [-0.3, -0.25) is 9.36 Å². The molecular weight excluding hydrogens is 364 g/mol. The van der Waals surface area contributed by atoms with Crippen molar-refractivity contribution in [3.05, 3.63) is 38.2 Å². The highest BCUT2D eigenvalue weighted by atomic mass is 32.1. The van der Waals surface area contributed by atoms with E-state index < -0.39 is 0 Å². The molecule has 5 heterocycles. The first-order chi connectivity index (χ1) is 13.1. The van der Waals surface area contributed by atoms with Gasteiger partial charge in [-0.05, 0) is 36.3 Å². The molecule has 0 aromatic carbocycles. The maximum Gasteiger partial charge on any atom is 0.345 e. The molecule has 2 aromatic rings. The Labute approximate surface area is 161 Å². The van der Waals surface area contributed by atoms with Crippen molar-refractivity contribution >= 4 is 17.2 Å². The molecule has 0 N–H and O–H groups in total. The third kappa shape index (κ3) is 2.69. The summed E-state index contributed by atoms with van der Waals surface area (Å²) in [7, 11) is 1.66. The van der Waals surface area contributed by atoms with Crippen molar-refractivity contribution in [2.24, 2.45) is 13.0 Å². The van der Waals surface area contributed by atoms with E-state index in [1.54, 1.807) is 11.6 Å². The summed E-state index contributed by atoms with van der Waals surface area (Å²) in [5.41, 5.74) is 1.01. The number of aryl methyl sites for hydroxylation is 2. The Morgan fingerprint density at radius 3 is 2.96 bits per heavy atom. The van der Waals surface area contributed by atoms with Crippen molar-refractivity contribution < 1.29 is 9.53 Å². The summed E-state index contributed by atoms with van der Waals surface area (Å²) in [6.07, 6.45) is 4.16. The van der Waals surface area contributed by atoms with E-state index in [2.05, 4.69) is 16.5 Å². The van der Waals surface area contributed by atoms with E-state index in [1.807, 2.05) is 16.2 Å². The van der Waals surface area contributed by atoms with Gasteiger partial charge in [0.1, 0.15) is 5.82 Å². The summed E-state index contributed by atoms with van der Waals surface area (Å²) in [5, 5.41) is 6.41. The Bertz CT molecular complexity index is 935. The van der Waals surface area contributed by atoms with Crippen molar-refractivity contribution in [2.45, 2.75) is 44.2 Å². The highest BCUT2D eigenvalue weighted by molar-refractivity contribution is 7.10. The first kappa shape index (κ1) is 17.2. The van der Waals surface area contributed by atoms with E-state index in [-0.39, 0.29) is 23.1 Å². The molecule has 0 saturated carbocycles. The van der Waals surface area contributed by atoms with Crippen molar-refractivity contribution in [3.8, 4) is 0 Å². The molecule has 1 atom stereocenters. The fourth-order valence-electron chi connectivity index (χ4n) is 4.86. The maximum atomic E-state index is 13.1. The zero-order chi connectivity index (χ0) is 18.6. The minimum absolute atomic E-state index is 0.124. The van der Waals surface area contributed by atoms with Crippen LogP contribution in [0.3, 0.4) is 0 Å². The van der Waals surface area contributed by atoms with Gasteiger partial charge in [0.15, 0.2) is 0 Å². The molecular formula is C19H24N4O3S. The topological polar surface area (TPSA) is 69.4 Å². The van der Waals surface area contributed by atoms with Gasteiger partial charge in [-0.15, -0.1) is 11.3 Å². The second-order valence-corrected chi connectivity index (χ2v) is 8.84. The number of carbonyl (C=O) groups excluding carboxylic acids is 1. The lowest BCUT2D eigenvalue weighted by atomic mass is 9.82. The normalized spacial score (nSPS) is 23.9. The van der Waals surface area contributed by atoms with Gasteiger partial charge in [0.05, 0.1) is 18.1 Å². The molecule has 7 nitrogen and oxygen atoms in total. The third-order valence-electron chi connectivity index (χ3n) is 6.38. The van der Waals surface area contributed by atoms with Crippen LogP contribution in [0.5, 0.6) is 0 Å². The summed E-state index contributed by atoms with van der Waals surface area (Å²) in [4.78, 5) is 28.7. The molecule has 2 aromatic heterocycles. The van der Waals surface area contributed by atoms with Crippen molar-refractivity contribution in [2.75, 3.05) is 19.7 Å². The van der Waals surface area contributed by atoms with Gasteiger partial charge < -0.3 is 9.64 Å². The smallest absolute Gasteiger partial charge is 0.345 e. The fraction of sp³-hybridized carbons (Fsp3) is 0.632. The Kier molecular flexibility index (Phi) is 4.01. The summed E-state index contributed by atoms with van der Waals surface area (Å²) in [6.45, 7) is 2.67. The molecule has 3 aliphatic heterocycles. The molecule has 144 valence electrons. The van der Waals surface area contributed by atoms with Crippen molar-refractivity contribution in [1.82, 2.24) is 19.2 Å². The molecule has 0 radical (unpaired) electrons. The molecule has 1 unspecified atom stereocenters. The highest BCUT2D eigenvalue weighted by Crippen LogP contribution is 2.43. The van der Waals surface area contributed by atoms with Crippen LogP contribution in [0, 0.1) is 5.92 Å². The first-order valence-electron chi connectivity index (χ1n) is 9.70. The molecule has 0 bridgehead atoms. The van der Waals surface area contributed by atoms with Crippen LogP contribution in [-0.4, -0.2) is 44.9 Å². The van der Waals surface area contributed by atoms with Gasteiger partial charge in [-0.1, -0.05) is 0 Å². The second kappa shape index (κ2) is 6.31. The number of nitrogens with zero attached hydrogens (tertiary/aromatic N) is 4. The van der Waals surface area contributed by atoms with Crippen LogP contribution >= 0.6 is 11.3 Å². The maximum absolute atomic E-state index is 13.1. The number of fused-ring (bicyclic) bond motifs is 3. The van der Waals surface area contributed by atoms with E-state index in [0.717, 1.165) is 51.2 Å². The number of ether oxygens (including phenoxy) is 1. The lowest BCUT2D eigenvalue weighted by Gasteiger charge is -2.44. The molecule has 3 aliphatic rings. The zero-order valence-electron chi connectivity index (χ0n) is 15.5. The van der Waals surface area contributed by atoms with Gasteiger partial charge in [-0.25, -0.2) is 9.48 Å². The number of hydrogen-bond acceptors (Lipinski definition) is 5. The molecule has 0 aliphatic carbocycles. The third-order valence-corrected chi connectivity index (χ3v) is 7.36. The standard InChI is InChI=1S/C19H24N4O3S/c1-21-18(25)23-12-13(2-3-16(23)20-21)17(24)22-8-6-19(7-9-22)14-5-11-27-15(14)4-10-26-19/h5,11,13H,2-4,6-10,12H2,1H3. The number of thiophene rings is 1. The van der Waals surface area contributed by atoms with Gasteiger partial charge in [0, 0.05) is 44.4 Å². The van der Waals surface area contributed by atoms with E-state index in [4.69, 9.17) is 4.74 Å². The van der Waals surface area contributed by atoms with Crippen LogP contribution in [0.4, 0.5) is 0 Å². The van der Waals surface area contributed by atoms with E-state index in [9.17, 15) is 9.59 Å². The van der Waals surface area contributed by atoms with Crippen LogP contribution in [-0.2, 0) is 41.6 Å². The van der Waals surface area contributed by atoms with Crippen LogP contribution in [0.25, 0.3) is 0 Å². The van der Waals surface area contributed by atoms with Crippen LogP contribution < -0.4 is 5.69 Å². The number of aromatic nitrogens is 3. The monoisotopic (exact) mass is 388 g/mol. The lowest BCUT2D eigenvalue weighted by Crippen LogP contribution is -2.50. The molecule has 1 saturated heterocycles. The summed E-state index contributed by atoms with van der Waals surface area (Å²) >= 11 is 1.82. The number of piperidine rings is 1. The zero-order valence-corrected chi connectivity index (χ0v) is 16.3.